The van der Waals surface area contributed by atoms with Gasteiger partial charge in [-0.2, -0.15) is 4.98 Å². The van der Waals surface area contributed by atoms with Crippen LogP contribution in [0, 0.1) is 6.92 Å². The molecule has 0 aliphatic carbocycles. The van der Waals surface area contributed by atoms with Gasteiger partial charge in [-0.05, 0) is 18.6 Å². The fraction of sp³-hybridized carbons (Fsp3) is 0.167. The quantitative estimate of drug-likeness (QED) is 0.665. The first-order valence-electron chi connectivity index (χ1n) is 5.42. The molecule has 98 valence electrons. The van der Waals surface area contributed by atoms with Crippen molar-refractivity contribution < 1.29 is 9.90 Å². The van der Waals surface area contributed by atoms with E-state index in [1.165, 1.54) is 6.07 Å². The highest BCUT2D eigenvalue weighted by Crippen LogP contribution is 2.18. The fourth-order valence-corrected chi connectivity index (χ4v) is 2.20. The number of carboxylic acids is 1. The number of aromatic nitrogens is 3. The predicted octanol–water partition coefficient (Wildman–Crippen LogP) is 1.11. The van der Waals surface area contributed by atoms with Gasteiger partial charge in [-0.25, -0.2) is 0 Å². The molecule has 0 radical (unpaired) electrons. The van der Waals surface area contributed by atoms with E-state index >= 15 is 0 Å². The van der Waals surface area contributed by atoms with Gasteiger partial charge >= 0.3 is 5.97 Å². The van der Waals surface area contributed by atoms with Gasteiger partial charge in [-0.15, -0.1) is 0 Å². The van der Waals surface area contributed by atoms with Crippen LogP contribution in [0.15, 0.2) is 40.7 Å². The molecule has 0 spiro atoms. The minimum Gasteiger partial charge on any atom is -0.481 e. The van der Waals surface area contributed by atoms with E-state index in [4.69, 9.17) is 5.11 Å². The number of nitrogens with zero attached hydrogens (tertiary/aromatic N) is 3. The molecular weight excluding hydrogens is 266 g/mol. The molecule has 1 N–H and O–H groups in total. The summed E-state index contributed by atoms with van der Waals surface area (Å²) < 4.78 is 1.65. The summed E-state index contributed by atoms with van der Waals surface area (Å²) in [6.45, 7) is 1.90. The topological polar surface area (TPSA) is 85.1 Å². The van der Waals surface area contributed by atoms with Crippen LogP contribution >= 0.6 is 11.8 Å². The Labute approximate surface area is 113 Å². The Bertz CT molecular complexity index is 669. The van der Waals surface area contributed by atoms with Crippen molar-refractivity contribution in [1.82, 2.24) is 14.5 Å². The lowest BCUT2D eigenvalue weighted by atomic mass is 10.3. The summed E-state index contributed by atoms with van der Waals surface area (Å²) in [5, 5.41) is 9.04. The van der Waals surface area contributed by atoms with Gasteiger partial charge in [-0.1, -0.05) is 11.8 Å². The molecule has 0 aliphatic heterocycles. The third-order valence-corrected chi connectivity index (χ3v) is 3.18. The van der Waals surface area contributed by atoms with Crippen molar-refractivity contribution in [3.05, 3.63) is 46.6 Å². The summed E-state index contributed by atoms with van der Waals surface area (Å²) >= 11 is 0.995. The normalized spacial score (nSPS) is 10.4. The van der Waals surface area contributed by atoms with E-state index < -0.39 is 11.5 Å². The lowest BCUT2D eigenvalue weighted by Gasteiger charge is -2.10. The molecule has 0 atom stereocenters. The average molecular weight is 277 g/mol. The zero-order valence-electron chi connectivity index (χ0n) is 10.1. The van der Waals surface area contributed by atoms with Gasteiger partial charge in [0, 0.05) is 18.5 Å². The first-order chi connectivity index (χ1) is 9.06. The summed E-state index contributed by atoms with van der Waals surface area (Å²) in [4.78, 5) is 29.8. The third-order valence-electron chi connectivity index (χ3n) is 2.24. The number of thioether (sulfide) groups is 1. The molecule has 0 saturated heterocycles. The fourth-order valence-electron chi connectivity index (χ4n) is 1.48. The molecule has 0 aromatic carbocycles. The molecule has 0 amide bonds. The molecule has 0 saturated carbocycles. The number of pyridine rings is 1. The van der Waals surface area contributed by atoms with Crippen molar-refractivity contribution in [1.29, 1.82) is 0 Å². The Morgan fingerprint density at radius 3 is 2.95 bits per heavy atom. The molecule has 2 rings (SSSR count). The van der Waals surface area contributed by atoms with E-state index in [1.807, 2.05) is 13.0 Å². The second kappa shape index (κ2) is 5.66. The number of aryl methyl sites for hydroxylation is 1. The molecule has 0 aliphatic rings. The van der Waals surface area contributed by atoms with Crippen molar-refractivity contribution in [2.45, 2.75) is 12.1 Å². The molecular formula is C12H11N3O3S. The van der Waals surface area contributed by atoms with Crippen LogP contribution in [0.2, 0.25) is 0 Å². The van der Waals surface area contributed by atoms with E-state index in [0.29, 0.717) is 5.16 Å². The van der Waals surface area contributed by atoms with E-state index in [0.717, 1.165) is 23.0 Å². The van der Waals surface area contributed by atoms with Gasteiger partial charge in [-0.3, -0.25) is 19.1 Å². The van der Waals surface area contributed by atoms with Gasteiger partial charge in [0.05, 0.1) is 17.6 Å². The molecule has 2 aromatic heterocycles. The number of aliphatic carboxylic acids is 1. The van der Waals surface area contributed by atoms with Crippen LogP contribution in [-0.4, -0.2) is 31.4 Å². The SMILES string of the molecule is Cc1cncc(-n2ccc(=O)nc2SCC(=O)O)c1. The van der Waals surface area contributed by atoms with Gasteiger partial charge < -0.3 is 5.11 Å². The number of hydrogen-bond donors (Lipinski definition) is 1. The van der Waals surface area contributed by atoms with Crippen LogP contribution < -0.4 is 5.56 Å². The smallest absolute Gasteiger partial charge is 0.313 e. The number of carbonyl (C=O) groups is 1. The van der Waals surface area contributed by atoms with Gasteiger partial charge in [0.1, 0.15) is 0 Å². The van der Waals surface area contributed by atoms with Crippen molar-refractivity contribution >= 4 is 17.7 Å². The second-order valence-electron chi connectivity index (χ2n) is 3.82. The summed E-state index contributed by atoms with van der Waals surface area (Å²) in [6.07, 6.45) is 4.91. The first-order valence-corrected chi connectivity index (χ1v) is 6.41. The van der Waals surface area contributed by atoms with Crippen molar-refractivity contribution in [3.63, 3.8) is 0 Å². The minimum atomic E-state index is -0.961. The lowest BCUT2D eigenvalue weighted by Crippen LogP contribution is -2.13. The van der Waals surface area contributed by atoms with Gasteiger partial charge in [0.15, 0.2) is 5.16 Å². The van der Waals surface area contributed by atoms with E-state index in [-0.39, 0.29) is 5.75 Å². The van der Waals surface area contributed by atoms with Crippen LogP contribution in [0.3, 0.4) is 0 Å². The summed E-state index contributed by atoms with van der Waals surface area (Å²) in [5.41, 5.74) is 1.30. The maximum absolute atomic E-state index is 11.3. The maximum Gasteiger partial charge on any atom is 0.313 e. The van der Waals surface area contributed by atoms with Crippen molar-refractivity contribution in [2.75, 3.05) is 5.75 Å². The zero-order valence-corrected chi connectivity index (χ0v) is 10.9. The van der Waals surface area contributed by atoms with E-state index in [9.17, 15) is 9.59 Å². The number of hydrogen-bond acceptors (Lipinski definition) is 5. The molecule has 0 unspecified atom stereocenters. The Morgan fingerprint density at radius 1 is 1.47 bits per heavy atom. The summed E-state index contributed by atoms with van der Waals surface area (Å²) in [6, 6.07) is 3.21. The monoisotopic (exact) mass is 277 g/mol. The average Bonchev–Trinajstić information content (AvgIpc) is 2.36. The highest BCUT2D eigenvalue weighted by Gasteiger charge is 2.08. The maximum atomic E-state index is 11.3. The van der Waals surface area contributed by atoms with Crippen molar-refractivity contribution in [2.24, 2.45) is 0 Å². The predicted molar refractivity (Wildman–Crippen MR) is 70.7 cm³/mol. The zero-order chi connectivity index (χ0) is 13.8. The van der Waals surface area contributed by atoms with Crippen LogP contribution in [0.25, 0.3) is 5.69 Å². The van der Waals surface area contributed by atoms with E-state index in [2.05, 4.69) is 9.97 Å². The summed E-state index contributed by atoms with van der Waals surface area (Å²) in [5.74, 6) is -1.12. The first kappa shape index (κ1) is 13.3. The van der Waals surface area contributed by atoms with Crippen LogP contribution in [0.5, 0.6) is 0 Å². The van der Waals surface area contributed by atoms with Crippen LogP contribution in [0.4, 0.5) is 0 Å². The lowest BCUT2D eigenvalue weighted by molar-refractivity contribution is -0.133. The second-order valence-corrected chi connectivity index (χ2v) is 4.76. The van der Waals surface area contributed by atoms with Gasteiger partial charge in [0.2, 0.25) is 0 Å². The van der Waals surface area contributed by atoms with E-state index in [1.54, 1.807) is 23.2 Å². The van der Waals surface area contributed by atoms with Gasteiger partial charge in [0.25, 0.3) is 5.56 Å². The molecule has 0 fully saturated rings. The Kier molecular flexibility index (Phi) is 3.96. The Balaban J connectivity index is 2.44. The molecule has 2 heterocycles. The molecule has 2 aromatic rings. The molecule has 6 nitrogen and oxygen atoms in total. The highest BCUT2D eigenvalue weighted by atomic mass is 32.2. The van der Waals surface area contributed by atoms with Crippen LogP contribution in [0.1, 0.15) is 5.56 Å². The molecule has 7 heteroatoms. The Morgan fingerprint density at radius 2 is 2.26 bits per heavy atom. The van der Waals surface area contributed by atoms with Crippen LogP contribution in [-0.2, 0) is 4.79 Å². The highest BCUT2D eigenvalue weighted by molar-refractivity contribution is 7.99. The summed E-state index contributed by atoms with van der Waals surface area (Å²) in [7, 11) is 0. The largest absolute Gasteiger partial charge is 0.481 e. The molecule has 0 bridgehead atoms. The minimum absolute atomic E-state index is 0.157. The number of rotatable bonds is 4. The molecule has 19 heavy (non-hydrogen) atoms. The Hall–Kier alpha value is -2.15. The third kappa shape index (κ3) is 3.41. The number of carboxylic acid groups (broad SMARTS) is 1. The van der Waals surface area contributed by atoms with Crippen molar-refractivity contribution in [3.8, 4) is 5.69 Å². The standard InChI is InChI=1S/C12H11N3O3S/c1-8-4-9(6-13-5-8)15-3-2-10(16)14-12(15)19-7-11(17)18/h2-6H,7H2,1H3,(H,17,18).